The second kappa shape index (κ2) is 5.71. The molecule has 0 aliphatic carbocycles. The SMILES string of the molecule is CC[C@@H](C)NC(=O)Cc1c(C(=O)O)c(C)cn1C. The van der Waals surface area contributed by atoms with E-state index < -0.39 is 5.97 Å². The maximum absolute atomic E-state index is 11.8. The van der Waals surface area contributed by atoms with Crippen molar-refractivity contribution in [2.75, 3.05) is 0 Å². The van der Waals surface area contributed by atoms with Crippen LogP contribution < -0.4 is 5.32 Å². The average Bonchev–Trinajstić information content (AvgIpc) is 2.53. The van der Waals surface area contributed by atoms with Crippen molar-refractivity contribution in [2.45, 2.75) is 39.7 Å². The number of nitrogens with zero attached hydrogens (tertiary/aromatic N) is 1. The van der Waals surface area contributed by atoms with Gasteiger partial charge >= 0.3 is 5.97 Å². The molecule has 1 heterocycles. The van der Waals surface area contributed by atoms with Crippen molar-refractivity contribution in [2.24, 2.45) is 7.05 Å². The molecule has 1 aromatic heterocycles. The molecule has 0 bridgehead atoms. The van der Waals surface area contributed by atoms with Crippen LogP contribution in [0.3, 0.4) is 0 Å². The number of carboxylic acid groups (broad SMARTS) is 1. The Bertz CT molecular complexity index is 463. The first kappa shape index (κ1) is 14.3. The molecular formula is C13H20N2O3. The fraction of sp³-hybridized carbons (Fsp3) is 0.538. The van der Waals surface area contributed by atoms with E-state index in [2.05, 4.69) is 5.32 Å². The second-order valence-electron chi connectivity index (χ2n) is 4.60. The van der Waals surface area contributed by atoms with E-state index in [-0.39, 0.29) is 23.9 Å². The van der Waals surface area contributed by atoms with Crippen molar-refractivity contribution in [1.82, 2.24) is 9.88 Å². The van der Waals surface area contributed by atoms with E-state index in [1.807, 2.05) is 13.8 Å². The molecule has 0 radical (unpaired) electrons. The summed E-state index contributed by atoms with van der Waals surface area (Å²) >= 11 is 0. The van der Waals surface area contributed by atoms with Gasteiger partial charge in [-0.25, -0.2) is 4.79 Å². The predicted molar refractivity (Wildman–Crippen MR) is 68.7 cm³/mol. The van der Waals surface area contributed by atoms with Gasteiger partial charge in [0.2, 0.25) is 5.91 Å². The van der Waals surface area contributed by atoms with Gasteiger partial charge in [-0.2, -0.15) is 0 Å². The van der Waals surface area contributed by atoms with Crippen LogP contribution in [0.15, 0.2) is 6.20 Å². The van der Waals surface area contributed by atoms with Gasteiger partial charge < -0.3 is 15.0 Å². The maximum atomic E-state index is 11.8. The summed E-state index contributed by atoms with van der Waals surface area (Å²) in [6, 6.07) is 0.104. The number of amides is 1. The van der Waals surface area contributed by atoms with Gasteiger partial charge in [0.1, 0.15) is 0 Å². The van der Waals surface area contributed by atoms with Crippen LogP contribution in [0, 0.1) is 6.92 Å². The summed E-state index contributed by atoms with van der Waals surface area (Å²) in [6.07, 6.45) is 2.68. The number of hydrogen-bond acceptors (Lipinski definition) is 2. The highest BCUT2D eigenvalue weighted by Crippen LogP contribution is 2.16. The van der Waals surface area contributed by atoms with Crippen LogP contribution in [0.5, 0.6) is 0 Å². The van der Waals surface area contributed by atoms with Crippen molar-refractivity contribution < 1.29 is 14.7 Å². The van der Waals surface area contributed by atoms with E-state index in [4.69, 9.17) is 5.11 Å². The van der Waals surface area contributed by atoms with Crippen LogP contribution in [0.25, 0.3) is 0 Å². The normalized spacial score (nSPS) is 12.2. The number of carbonyl (C=O) groups is 2. The molecule has 0 fully saturated rings. The molecule has 18 heavy (non-hydrogen) atoms. The smallest absolute Gasteiger partial charge is 0.337 e. The molecule has 0 aliphatic rings. The van der Waals surface area contributed by atoms with Gasteiger partial charge in [0.25, 0.3) is 0 Å². The number of aromatic carboxylic acids is 1. The van der Waals surface area contributed by atoms with Crippen molar-refractivity contribution in [3.05, 3.63) is 23.0 Å². The van der Waals surface area contributed by atoms with E-state index in [1.165, 1.54) is 0 Å². The highest BCUT2D eigenvalue weighted by Gasteiger charge is 2.20. The van der Waals surface area contributed by atoms with E-state index in [9.17, 15) is 9.59 Å². The first-order chi connectivity index (χ1) is 8.36. The first-order valence-electron chi connectivity index (χ1n) is 6.04. The Labute approximate surface area is 107 Å². The Kier molecular flexibility index (Phi) is 4.53. The number of carbonyl (C=O) groups excluding carboxylic acids is 1. The monoisotopic (exact) mass is 252 g/mol. The predicted octanol–water partition coefficient (Wildman–Crippen LogP) is 1.49. The van der Waals surface area contributed by atoms with Crippen molar-refractivity contribution >= 4 is 11.9 Å². The Morgan fingerprint density at radius 1 is 1.50 bits per heavy atom. The molecule has 0 saturated carbocycles. The summed E-state index contributed by atoms with van der Waals surface area (Å²) in [5, 5.41) is 12.0. The lowest BCUT2D eigenvalue weighted by atomic mass is 10.1. The molecule has 0 unspecified atom stereocenters. The highest BCUT2D eigenvalue weighted by molar-refractivity contribution is 5.93. The second-order valence-corrected chi connectivity index (χ2v) is 4.60. The zero-order chi connectivity index (χ0) is 13.9. The Hall–Kier alpha value is -1.78. The Morgan fingerprint density at radius 3 is 2.61 bits per heavy atom. The van der Waals surface area contributed by atoms with Crippen molar-refractivity contribution in [3.8, 4) is 0 Å². The molecular weight excluding hydrogens is 232 g/mol. The van der Waals surface area contributed by atoms with Gasteiger partial charge in [-0.05, 0) is 25.8 Å². The lowest BCUT2D eigenvalue weighted by Crippen LogP contribution is -2.33. The number of nitrogens with one attached hydrogen (secondary N) is 1. The third-order valence-corrected chi connectivity index (χ3v) is 3.06. The molecule has 1 aromatic rings. The van der Waals surface area contributed by atoms with E-state index in [1.54, 1.807) is 24.7 Å². The maximum Gasteiger partial charge on any atom is 0.337 e. The molecule has 0 spiro atoms. The number of hydrogen-bond donors (Lipinski definition) is 2. The van der Waals surface area contributed by atoms with Crippen LogP contribution in [0.1, 0.15) is 41.9 Å². The number of carboxylic acids is 1. The van der Waals surface area contributed by atoms with E-state index >= 15 is 0 Å². The number of aromatic nitrogens is 1. The topological polar surface area (TPSA) is 71.3 Å². The fourth-order valence-corrected chi connectivity index (χ4v) is 1.92. The molecule has 2 N–H and O–H groups in total. The molecule has 5 nitrogen and oxygen atoms in total. The third kappa shape index (κ3) is 3.12. The molecule has 0 aliphatic heterocycles. The van der Waals surface area contributed by atoms with Crippen LogP contribution in [-0.4, -0.2) is 27.6 Å². The van der Waals surface area contributed by atoms with Crippen LogP contribution in [-0.2, 0) is 18.3 Å². The summed E-state index contributed by atoms with van der Waals surface area (Å²) in [7, 11) is 1.76. The van der Waals surface area contributed by atoms with Crippen LogP contribution in [0.4, 0.5) is 0 Å². The summed E-state index contributed by atoms with van der Waals surface area (Å²) in [5.41, 5.74) is 1.45. The molecule has 5 heteroatoms. The largest absolute Gasteiger partial charge is 0.478 e. The van der Waals surface area contributed by atoms with Gasteiger partial charge in [0, 0.05) is 25.0 Å². The van der Waals surface area contributed by atoms with E-state index in [0.717, 1.165) is 6.42 Å². The number of aryl methyl sites for hydroxylation is 2. The minimum Gasteiger partial charge on any atom is -0.478 e. The van der Waals surface area contributed by atoms with Crippen molar-refractivity contribution in [3.63, 3.8) is 0 Å². The minimum absolute atomic E-state index is 0.0936. The van der Waals surface area contributed by atoms with Gasteiger partial charge in [-0.3, -0.25) is 4.79 Å². The van der Waals surface area contributed by atoms with Gasteiger partial charge in [0.15, 0.2) is 0 Å². The highest BCUT2D eigenvalue weighted by atomic mass is 16.4. The molecule has 1 amide bonds. The number of rotatable bonds is 5. The first-order valence-corrected chi connectivity index (χ1v) is 6.04. The standard InChI is InChI=1S/C13H20N2O3/c1-5-9(3)14-11(16)6-10-12(13(17)18)8(2)7-15(10)4/h7,9H,5-6H2,1-4H3,(H,14,16)(H,17,18)/t9-/m1/s1. The molecule has 0 saturated heterocycles. The van der Waals surface area contributed by atoms with Crippen molar-refractivity contribution in [1.29, 1.82) is 0 Å². The molecule has 1 rings (SSSR count). The zero-order valence-electron chi connectivity index (χ0n) is 11.3. The summed E-state index contributed by atoms with van der Waals surface area (Å²) in [5.74, 6) is -1.13. The molecule has 1 atom stereocenters. The lowest BCUT2D eigenvalue weighted by molar-refractivity contribution is -0.121. The summed E-state index contributed by atoms with van der Waals surface area (Å²) in [4.78, 5) is 23.0. The Balaban J connectivity index is 2.90. The fourth-order valence-electron chi connectivity index (χ4n) is 1.92. The van der Waals surface area contributed by atoms with Crippen LogP contribution >= 0.6 is 0 Å². The van der Waals surface area contributed by atoms with Gasteiger partial charge in [-0.1, -0.05) is 6.92 Å². The zero-order valence-corrected chi connectivity index (χ0v) is 11.3. The molecule has 100 valence electrons. The molecule has 0 aromatic carbocycles. The Morgan fingerprint density at radius 2 is 2.11 bits per heavy atom. The summed E-state index contributed by atoms with van der Waals surface area (Å²) < 4.78 is 1.70. The third-order valence-electron chi connectivity index (χ3n) is 3.06. The lowest BCUT2D eigenvalue weighted by Gasteiger charge is -2.12. The summed E-state index contributed by atoms with van der Waals surface area (Å²) in [6.45, 7) is 5.64. The quantitative estimate of drug-likeness (QED) is 0.834. The minimum atomic E-state index is -0.987. The van der Waals surface area contributed by atoms with Crippen LogP contribution in [0.2, 0.25) is 0 Å². The van der Waals surface area contributed by atoms with E-state index in [0.29, 0.717) is 11.3 Å². The van der Waals surface area contributed by atoms with Gasteiger partial charge in [-0.15, -0.1) is 0 Å². The average molecular weight is 252 g/mol. The van der Waals surface area contributed by atoms with Gasteiger partial charge in [0.05, 0.1) is 12.0 Å².